The van der Waals surface area contributed by atoms with E-state index < -0.39 is 5.91 Å². The molecule has 0 aliphatic rings. The molecule has 3 nitrogen and oxygen atoms in total. The fourth-order valence-corrected chi connectivity index (χ4v) is 0.362. The van der Waals surface area contributed by atoms with Crippen molar-refractivity contribution in [1.82, 2.24) is 5.32 Å². The molecule has 0 radical (unpaired) electrons. The first-order valence-electron chi connectivity index (χ1n) is 3.87. The van der Waals surface area contributed by atoms with Gasteiger partial charge in [-0.25, -0.2) is 0 Å². The minimum Gasteiger partial charge on any atom is -0.338 e. The van der Waals surface area contributed by atoms with Gasteiger partial charge in [-0.3, -0.25) is 9.59 Å². The smallest absolute Gasteiger partial charge is 0.296 e. The van der Waals surface area contributed by atoms with Crippen molar-refractivity contribution in [3.63, 3.8) is 0 Å². The highest BCUT2D eigenvalue weighted by atomic mass is 16.2. The number of carbonyl (C=O) groups excluding carboxylic acids is 2. The van der Waals surface area contributed by atoms with Gasteiger partial charge in [0.15, 0.2) is 0 Å². The van der Waals surface area contributed by atoms with Crippen LogP contribution in [0.25, 0.3) is 0 Å². The highest BCUT2D eigenvalue weighted by Crippen LogP contribution is 1.65. The van der Waals surface area contributed by atoms with Gasteiger partial charge in [-0.05, 0) is 19.8 Å². The molecular formula is C9H15NO2. The van der Waals surface area contributed by atoms with Gasteiger partial charge in [0.1, 0.15) is 5.78 Å². The van der Waals surface area contributed by atoms with Crippen molar-refractivity contribution in [3.05, 3.63) is 0 Å². The van der Waals surface area contributed by atoms with E-state index in [9.17, 15) is 9.59 Å². The Morgan fingerprint density at radius 2 is 1.83 bits per heavy atom. The Balaban J connectivity index is 0. The van der Waals surface area contributed by atoms with Gasteiger partial charge in [-0.15, -0.1) is 0 Å². The van der Waals surface area contributed by atoms with Gasteiger partial charge >= 0.3 is 0 Å². The number of Topliss-reactive ketones (excluding diaryl/α,β-unsaturated/α-hetero) is 1. The van der Waals surface area contributed by atoms with Gasteiger partial charge in [-0.2, -0.15) is 0 Å². The van der Waals surface area contributed by atoms with Crippen LogP contribution in [-0.2, 0) is 9.59 Å². The SMILES string of the molecule is CC.CC#CC(=O)NCC(C)=O. The predicted molar refractivity (Wildman–Crippen MR) is 48.5 cm³/mol. The Bertz CT molecular complexity index is 198. The van der Waals surface area contributed by atoms with Gasteiger partial charge in [-0.1, -0.05) is 19.8 Å². The molecule has 1 N–H and O–H groups in total. The number of hydrogen-bond acceptors (Lipinski definition) is 2. The predicted octanol–water partition coefficient (Wildman–Crippen LogP) is 0.741. The number of hydrogen-bond donors (Lipinski definition) is 1. The van der Waals surface area contributed by atoms with Crippen LogP contribution >= 0.6 is 0 Å². The first-order valence-corrected chi connectivity index (χ1v) is 3.87. The molecule has 0 saturated carbocycles. The highest BCUT2D eigenvalue weighted by molar-refractivity contribution is 5.95. The molecule has 0 aliphatic carbocycles. The average molecular weight is 169 g/mol. The molecule has 12 heavy (non-hydrogen) atoms. The molecule has 1 amide bonds. The Labute approximate surface area is 73.5 Å². The summed E-state index contributed by atoms with van der Waals surface area (Å²) in [5, 5.41) is 2.32. The van der Waals surface area contributed by atoms with Crippen molar-refractivity contribution in [2.45, 2.75) is 27.7 Å². The zero-order valence-corrected chi connectivity index (χ0v) is 8.02. The lowest BCUT2D eigenvalue weighted by Gasteiger charge is -1.93. The summed E-state index contributed by atoms with van der Waals surface area (Å²) in [6.45, 7) is 7.03. The maximum absolute atomic E-state index is 10.5. The van der Waals surface area contributed by atoms with Crippen molar-refractivity contribution >= 4 is 11.7 Å². The normalized spacial score (nSPS) is 6.67. The molecule has 0 bridgehead atoms. The second-order valence-corrected chi connectivity index (χ2v) is 1.76. The number of amides is 1. The van der Waals surface area contributed by atoms with Crippen LogP contribution in [0.3, 0.4) is 0 Å². The number of ketones is 1. The molecule has 0 spiro atoms. The van der Waals surface area contributed by atoms with Crippen LogP contribution in [0.2, 0.25) is 0 Å². The highest BCUT2D eigenvalue weighted by Gasteiger charge is 1.95. The van der Waals surface area contributed by atoms with E-state index in [1.165, 1.54) is 6.92 Å². The largest absolute Gasteiger partial charge is 0.338 e. The molecule has 0 fully saturated rings. The lowest BCUT2D eigenvalue weighted by atomic mass is 10.4. The van der Waals surface area contributed by atoms with Gasteiger partial charge in [0.2, 0.25) is 0 Å². The minimum atomic E-state index is -0.405. The van der Waals surface area contributed by atoms with Crippen LogP contribution < -0.4 is 5.32 Å². The molecule has 0 atom stereocenters. The van der Waals surface area contributed by atoms with E-state index in [1.54, 1.807) is 6.92 Å². The Morgan fingerprint density at radius 3 is 2.17 bits per heavy atom. The second-order valence-electron chi connectivity index (χ2n) is 1.76. The molecule has 0 unspecified atom stereocenters. The summed E-state index contributed by atoms with van der Waals surface area (Å²) in [4.78, 5) is 20.8. The summed E-state index contributed by atoms with van der Waals surface area (Å²) in [5.74, 6) is 4.18. The fourth-order valence-electron chi connectivity index (χ4n) is 0.362. The minimum absolute atomic E-state index is 0.0630. The van der Waals surface area contributed by atoms with E-state index in [-0.39, 0.29) is 12.3 Å². The van der Waals surface area contributed by atoms with Gasteiger partial charge < -0.3 is 5.32 Å². The third-order valence-electron chi connectivity index (χ3n) is 0.736. The molecule has 68 valence electrons. The standard InChI is InChI=1S/C7H9NO2.C2H6/c1-3-4-7(10)8-5-6(2)9;1-2/h5H2,1-2H3,(H,8,10);1-2H3. The van der Waals surface area contributed by atoms with E-state index in [4.69, 9.17) is 0 Å². The van der Waals surface area contributed by atoms with Crippen LogP contribution in [0.15, 0.2) is 0 Å². The summed E-state index contributed by atoms with van der Waals surface area (Å²) in [7, 11) is 0. The van der Waals surface area contributed by atoms with Gasteiger partial charge in [0, 0.05) is 0 Å². The third-order valence-corrected chi connectivity index (χ3v) is 0.736. The molecule has 0 aromatic rings. The maximum Gasteiger partial charge on any atom is 0.296 e. The number of carbonyl (C=O) groups is 2. The monoisotopic (exact) mass is 169 g/mol. The third kappa shape index (κ3) is 11.5. The molecule has 3 heteroatoms. The summed E-state index contributed by atoms with van der Waals surface area (Å²) in [6, 6.07) is 0. The van der Waals surface area contributed by atoms with E-state index in [0.29, 0.717) is 0 Å². The molecule has 0 saturated heterocycles. The molecule has 0 aliphatic heterocycles. The van der Waals surface area contributed by atoms with Crippen molar-refractivity contribution < 1.29 is 9.59 Å². The summed E-state index contributed by atoms with van der Waals surface area (Å²) in [5.41, 5.74) is 0. The van der Waals surface area contributed by atoms with Crippen LogP contribution in [0, 0.1) is 11.8 Å². The zero-order valence-electron chi connectivity index (χ0n) is 8.02. The lowest BCUT2D eigenvalue weighted by Crippen LogP contribution is -2.26. The number of nitrogens with one attached hydrogen (secondary N) is 1. The first-order chi connectivity index (χ1) is 5.66. The van der Waals surface area contributed by atoms with E-state index in [2.05, 4.69) is 17.2 Å². The van der Waals surface area contributed by atoms with Crippen LogP contribution in [-0.4, -0.2) is 18.2 Å². The summed E-state index contributed by atoms with van der Waals surface area (Å²) in [6.07, 6.45) is 0. The molecular weight excluding hydrogens is 154 g/mol. The van der Waals surface area contributed by atoms with Crippen LogP contribution in [0.1, 0.15) is 27.7 Å². The number of rotatable bonds is 2. The van der Waals surface area contributed by atoms with Crippen molar-refractivity contribution in [2.75, 3.05) is 6.54 Å². The van der Waals surface area contributed by atoms with Crippen molar-refractivity contribution in [3.8, 4) is 11.8 Å². The topological polar surface area (TPSA) is 46.2 Å². The van der Waals surface area contributed by atoms with Crippen molar-refractivity contribution in [2.24, 2.45) is 0 Å². The average Bonchev–Trinajstić information content (AvgIpc) is 2.05. The second kappa shape index (κ2) is 9.70. The molecule has 0 heterocycles. The molecule has 0 aromatic carbocycles. The Kier molecular flexibility index (Phi) is 10.8. The summed E-state index contributed by atoms with van der Waals surface area (Å²) >= 11 is 0. The quantitative estimate of drug-likeness (QED) is 0.620. The maximum atomic E-state index is 10.5. The Hall–Kier alpha value is -1.30. The van der Waals surface area contributed by atoms with Crippen LogP contribution in [0.4, 0.5) is 0 Å². The van der Waals surface area contributed by atoms with Crippen LogP contribution in [0.5, 0.6) is 0 Å². The van der Waals surface area contributed by atoms with Gasteiger partial charge in [0.05, 0.1) is 6.54 Å². The van der Waals surface area contributed by atoms with Gasteiger partial charge in [0.25, 0.3) is 5.91 Å². The Morgan fingerprint density at radius 1 is 1.33 bits per heavy atom. The first kappa shape index (κ1) is 13.3. The molecule has 0 rings (SSSR count). The van der Waals surface area contributed by atoms with E-state index in [0.717, 1.165) is 0 Å². The van der Waals surface area contributed by atoms with E-state index in [1.807, 2.05) is 13.8 Å². The zero-order chi connectivity index (χ0) is 9.98. The van der Waals surface area contributed by atoms with Crippen molar-refractivity contribution in [1.29, 1.82) is 0 Å². The lowest BCUT2D eigenvalue weighted by molar-refractivity contribution is -0.121. The molecule has 0 aromatic heterocycles. The fraction of sp³-hybridized carbons (Fsp3) is 0.556. The summed E-state index contributed by atoms with van der Waals surface area (Å²) < 4.78 is 0. The van der Waals surface area contributed by atoms with E-state index >= 15 is 0 Å².